The number of carbonyl (C=O) groups is 2. The smallest absolute Gasteiger partial charge is 0.316 e. The second-order valence-corrected chi connectivity index (χ2v) is 4.28. The summed E-state index contributed by atoms with van der Waals surface area (Å²) < 4.78 is 5.22. The zero-order valence-corrected chi connectivity index (χ0v) is 10.9. The minimum atomic E-state index is -0.675. The average molecular weight is 273 g/mol. The van der Waals surface area contributed by atoms with Gasteiger partial charge in [-0.25, -0.2) is 4.79 Å². The minimum absolute atomic E-state index is 0.245. The van der Waals surface area contributed by atoms with Crippen LogP contribution in [0.1, 0.15) is 29.1 Å². The first kappa shape index (κ1) is 13.7. The number of rotatable bonds is 4. The molecule has 1 aromatic heterocycles. The average Bonchev–Trinajstić information content (AvgIpc) is 2.92. The van der Waals surface area contributed by atoms with Crippen LogP contribution >= 0.6 is 0 Å². The summed E-state index contributed by atoms with van der Waals surface area (Å²) in [6.45, 7) is 1.82. The summed E-state index contributed by atoms with van der Waals surface area (Å²) in [7, 11) is 0. The molecule has 1 atom stereocenters. The Hall–Kier alpha value is -2.76. The molecule has 2 aromatic rings. The van der Waals surface area contributed by atoms with Gasteiger partial charge in [0.1, 0.15) is 5.76 Å². The van der Waals surface area contributed by atoms with Gasteiger partial charge in [-0.15, -0.1) is 0 Å². The summed E-state index contributed by atoms with van der Waals surface area (Å²) in [5.74, 6) is 0.409. The number of anilines is 1. The van der Waals surface area contributed by atoms with Crippen molar-refractivity contribution in [3.05, 3.63) is 54.0 Å². The fourth-order valence-electron chi connectivity index (χ4n) is 1.77. The Bertz CT molecular complexity index is 608. The number of benzene rings is 1. The maximum atomic E-state index is 12.1. The Balaban J connectivity index is 2.07. The van der Waals surface area contributed by atoms with Gasteiger partial charge in [0.25, 0.3) is 5.91 Å². The van der Waals surface area contributed by atoms with Gasteiger partial charge in [-0.2, -0.15) is 0 Å². The van der Waals surface area contributed by atoms with Crippen molar-refractivity contribution >= 4 is 17.6 Å². The van der Waals surface area contributed by atoms with E-state index in [9.17, 15) is 9.59 Å². The number of hydrogen-bond donors (Lipinski definition) is 3. The molecule has 0 aliphatic heterocycles. The van der Waals surface area contributed by atoms with E-state index in [1.807, 2.05) is 6.92 Å². The second kappa shape index (κ2) is 5.92. The van der Waals surface area contributed by atoms with Gasteiger partial charge in [0.15, 0.2) is 0 Å². The molecule has 3 amide bonds. The lowest BCUT2D eigenvalue weighted by atomic mass is 10.1. The topological polar surface area (TPSA) is 97.4 Å². The first-order valence-electron chi connectivity index (χ1n) is 6.07. The van der Waals surface area contributed by atoms with Crippen molar-refractivity contribution in [1.29, 1.82) is 0 Å². The van der Waals surface area contributed by atoms with E-state index in [0.717, 1.165) is 0 Å². The molecule has 0 aliphatic rings. The summed E-state index contributed by atoms with van der Waals surface area (Å²) in [5.41, 5.74) is 5.93. The molecule has 0 saturated heterocycles. The summed E-state index contributed by atoms with van der Waals surface area (Å²) in [6.07, 6.45) is 1.55. The Labute approximate surface area is 116 Å². The summed E-state index contributed by atoms with van der Waals surface area (Å²) in [6, 6.07) is 9.14. The summed E-state index contributed by atoms with van der Waals surface area (Å²) in [5, 5.41) is 5.22. The molecule has 0 saturated carbocycles. The van der Waals surface area contributed by atoms with Crippen LogP contribution in [-0.2, 0) is 0 Å². The first-order chi connectivity index (χ1) is 9.56. The standard InChI is InChI=1S/C14H15N3O3/c1-9(12-6-3-7-20-12)16-13(18)10-4-2-5-11(8-10)17-14(15)19/h2-9H,1H3,(H,16,18)(H3,15,17,19)/t9-/m1/s1. The maximum absolute atomic E-state index is 12.1. The molecule has 0 spiro atoms. The first-order valence-corrected chi connectivity index (χ1v) is 6.07. The van der Waals surface area contributed by atoms with Crippen LogP contribution in [0.3, 0.4) is 0 Å². The van der Waals surface area contributed by atoms with Crippen molar-refractivity contribution in [3.63, 3.8) is 0 Å². The predicted molar refractivity (Wildman–Crippen MR) is 74.2 cm³/mol. The maximum Gasteiger partial charge on any atom is 0.316 e. The highest BCUT2D eigenvalue weighted by molar-refractivity contribution is 5.96. The molecule has 0 fully saturated rings. The van der Waals surface area contributed by atoms with E-state index in [2.05, 4.69) is 10.6 Å². The van der Waals surface area contributed by atoms with Gasteiger partial charge < -0.3 is 20.8 Å². The van der Waals surface area contributed by atoms with Gasteiger partial charge in [0.2, 0.25) is 0 Å². The van der Waals surface area contributed by atoms with E-state index >= 15 is 0 Å². The molecule has 0 radical (unpaired) electrons. The third-order valence-electron chi connectivity index (χ3n) is 2.71. The van der Waals surface area contributed by atoms with E-state index in [-0.39, 0.29) is 11.9 Å². The van der Waals surface area contributed by atoms with Crippen LogP contribution in [0.25, 0.3) is 0 Å². The van der Waals surface area contributed by atoms with Crippen LogP contribution < -0.4 is 16.4 Å². The lowest BCUT2D eigenvalue weighted by Gasteiger charge is -2.12. The van der Waals surface area contributed by atoms with E-state index in [4.69, 9.17) is 10.2 Å². The lowest BCUT2D eigenvalue weighted by molar-refractivity contribution is 0.0935. The van der Waals surface area contributed by atoms with Crippen molar-refractivity contribution in [2.24, 2.45) is 5.73 Å². The molecule has 0 bridgehead atoms. The molecular weight excluding hydrogens is 258 g/mol. The van der Waals surface area contributed by atoms with Gasteiger partial charge in [-0.3, -0.25) is 4.79 Å². The quantitative estimate of drug-likeness (QED) is 0.797. The molecule has 104 valence electrons. The Morgan fingerprint density at radius 1 is 1.25 bits per heavy atom. The summed E-state index contributed by atoms with van der Waals surface area (Å²) in [4.78, 5) is 22.9. The Morgan fingerprint density at radius 2 is 2.05 bits per heavy atom. The zero-order valence-electron chi connectivity index (χ0n) is 10.9. The number of nitrogens with one attached hydrogen (secondary N) is 2. The van der Waals surface area contributed by atoms with Crippen molar-refractivity contribution in [3.8, 4) is 0 Å². The number of primary amides is 1. The molecule has 1 heterocycles. The van der Waals surface area contributed by atoms with Crippen LogP contribution in [0, 0.1) is 0 Å². The second-order valence-electron chi connectivity index (χ2n) is 4.28. The summed E-state index contributed by atoms with van der Waals surface area (Å²) >= 11 is 0. The predicted octanol–water partition coefficient (Wildman–Crippen LogP) is 2.26. The molecule has 0 unspecified atom stereocenters. The molecule has 6 nitrogen and oxygen atoms in total. The SMILES string of the molecule is C[C@@H](NC(=O)c1cccc(NC(N)=O)c1)c1ccco1. The largest absolute Gasteiger partial charge is 0.467 e. The fourth-order valence-corrected chi connectivity index (χ4v) is 1.77. The van der Waals surface area contributed by atoms with E-state index < -0.39 is 6.03 Å². The van der Waals surface area contributed by atoms with Gasteiger partial charge in [-0.1, -0.05) is 6.07 Å². The molecule has 0 aliphatic carbocycles. The number of hydrogen-bond acceptors (Lipinski definition) is 3. The number of nitrogens with two attached hydrogens (primary N) is 1. The van der Waals surface area contributed by atoms with Gasteiger partial charge in [0.05, 0.1) is 12.3 Å². The highest BCUT2D eigenvalue weighted by Gasteiger charge is 2.13. The van der Waals surface area contributed by atoms with Crippen LogP contribution in [-0.4, -0.2) is 11.9 Å². The normalized spacial score (nSPS) is 11.7. The number of amides is 3. The number of urea groups is 1. The molecule has 2 rings (SSSR count). The fraction of sp³-hybridized carbons (Fsp3) is 0.143. The molecule has 20 heavy (non-hydrogen) atoms. The van der Waals surface area contributed by atoms with Crippen molar-refractivity contribution < 1.29 is 14.0 Å². The zero-order chi connectivity index (χ0) is 14.5. The molecular formula is C14H15N3O3. The van der Waals surface area contributed by atoms with E-state index in [1.54, 1.807) is 42.7 Å². The molecule has 4 N–H and O–H groups in total. The van der Waals surface area contributed by atoms with Crippen LogP contribution in [0.5, 0.6) is 0 Å². The van der Waals surface area contributed by atoms with Crippen molar-refractivity contribution in [2.75, 3.05) is 5.32 Å². The van der Waals surface area contributed by atoms with Crippen LogP contribution in [0.2, 0.25) is 0 Å². The van der Waals surface area contributed by atoms with Crippen LogP contribution in [0.15, 0.2) is 47.1 Å². The van der Waals surface area contributed by atoms with E-state index in [0.29, 0.717) is 17.0 Å². The van der Waals surface area contributed by atoms with Gasteiger partial charge in [0, 0.05) is 11.3 Å². The van der Waals surface area contributed by atoms with E-state index in [1.165, 1.54) is 0 Å². The minimum Gasteiger partial charge on any atom is -0.467 e. The third-order valence-corrected chi connectivity index (χ3v) is 2.71. The lowest BCUT2D eigenvalue weighted by Crippen LogP contribution is -2.26. The molecule has 1 aromatic carbocycles. The van der Waals surface area contributed by atoms with Crippen LogP contribution in [0.4, 0.5) is 10.5 Å². The highest BCUT2D eigenvalue weighted by atomic mass is 16.3. The van der Waals surface area contributed by atoms with Gasteiger partial charge in [-0.05, 0) is 37.3 Å². The van der Waals surface area contributed by atoms with Gasteiger partial charge >= 0.3 is 6.03 Å². The Kier molecular flexibility index (Phi) is 4.05. The number of furan rings is 1. The third kappa shape index (κ3) is 3.38. The van der Waals surface area contributed by atoms with Crippen molar-refractivity contribution in [1.82, 2.24) is 5.32 Å². The number of carbonyl (C=O) groups excluding carboxylic acids is 2. The molecule has 6 heteroatoms. The monoisotopic (exact) mass is 273 g/mol. The van der Waals surface area contributed by atoms with Crippen molar-refractivity contribution in [2.45, 2.75) is 13.0 Å². The Morgan fingerprint density at radius 3 is 2.70 bits per heavy atom. The highest BCUT2D eigenvalue weighted by Crippen LogP contribution is 2.15.